The van der Waals surface area contributed by atoms with Crippen LogP contribution >= 0.6 is 11.6 Å². The number of nitrogens with one attached hydrogen (secondary N) is 1. The molecule has 2 heterocycles. The van der Waals surface area contributed by atoms with E-state index in [4.69, 9.17) is 11.6 Å². The number of carbonyl (C=O) groups is 1. The fraction of sp³-hybridized carbons (Fsp3) is 0.389. The Morgan fingerprint density at radius 1 is 1.22 bits per heavy atom. The van der Waals surface area contributed by atoms with Gasteiger partial charge in [0, 0.05) is 18.1 Å². The predicted octanol–water partition coefficient (Wildman–Crippen LogP) is 4.76. The standard InChI is InChI=1S/C18H18ClF3N4O/c1-11-4-6-26(7-5-11)17(27)15-9-24-16(10-23-15)25-14-3-2-12(19)8-13(14)18(20,21)22/h2-3,8-11H,4-7H2,1H3,(H,24,25). The molecular weight excluding hydrogens is 381 g/mol. The molecule has 1 aromatic heterocycles. The van der Waals surface area contributed by atoms with Crippen molar-refractivity contribution in [3.05, 3.63) is 46.9 Å². The number of amides is 1. The second kappa shape index (κ2) is 7.72. The van der Waals surface area contributed by atoms with Crippen LogP contribution in [0.2, 0.25) is 5.02 Å². The first-order valence-electron chi connectivity index (χ1n) is 8.49. The van der Waals surface area contributed by atoms with Crippen molar-refractivity contribution in [2.45, 2.75) is 25.9 Å². The number of benzene rings is 1. The molecule has 0 aliphatic carbocycles. The SMILES string of the molecule is CC1CCN(C(=O)c2cnc(Nc3ccc(Cl)cc3C(F)(F)F)cn2)CC1. The number of hydrogen-bond acceptors (Lipinski definition) is 4. The highest BCUT2D eigenvalue weighted by atomic mass is 35.5. The summed E-state index contributed by atoms with van der Waals surface area (Å²) in [5.74, 6) is 0.476. The zero-order valence-electron chi connectivity index (χ0n) is 14.6. The monoisotopic (exact) mass is 398 g/mol. The van der Waals surface area contributed by atoms with Crippen molar-refractivity contribution in [3.8, 4) is 0 Å². The first-order chi connectivity index (χ1) is 12.7. The molecule has 1 aliphatic heterocycles. The summed E-state index contributed by atoms with van der Waals surface area (Å²) < 4.78 is 39.4. The van der Waals surface area contributed by atoms with Crippen LogP contribution in [0.5, 0.6) is 0 Å². The molecule has 1 N–H and O–H groups in total. The molecule has 1 aliphatic rings. The summed E-state index contributed by atoms with van der Waals surface area (Å²) in [6.45, 7) is 3.48. The fourth-order valence-electron chi connectivity index (χ4n) is 2.87. The van der Waals surface area contributed by atoms with E-state index in [9.17, 15) is 18.0 Å². The van der Waals surface area contributed by atoms with Crippen molar-refractivity contribution >= 4 is 29.0 Å². The van der Waals surface area contributed by atoms with Gasteiger partial charge in [-0.15, -0.1) is 0 Å². The lowest BCUT2D eigenvalue weighted by Gasteiger charge is -2.29. The summed E-state index contributed by atoms with van der Waals surface area (Å²) in [7, 11) is 0. The number of anilines is 2. The molecular formula is C18H18ClF3N4O. The highest BCUT2D eigenvalue weighted by Gasteiger charge is 2.34. The van der Waals surface area contributed by atoms with Crippen molar-refractivity contribution in [2.75, 3.05) is 18.4 Å². The van der Waals surface area contributed by atoms with Crippen molar-refractivity contribution in [1.82, 2.24) is 14.9 Å². The third-order valence-electron chi connectivity index (χ3n) is 4.49. The summed E-state index contributed by atoms with van der Waals surface area (Å²) in [4.78, 5) is 22.2. The van der Waals surface area contributed by atoms with Gasteiger partial charge in [0.15, 0.2) is 0 Å². The molecule has 9 heteroatoms. The molecule has 0 bridgehead atoms. The van der Waals surface area contributed by atoms with Crippen LogP contribution in [0.25, 0.3) is 0 Å². The number of piperidine rings is 1. The second-order valence-electron chi connectivity index (χ2n) is 6.57. The van der Waals surface area contributed by atoms with E-state index in [1.807, 2.05) is 0 Å². The van der Waals surface area contributed by atoms with Crippen LogP contribution in [-0.2, 0) is 6.18 Å². The van der Waals surface area contributed by atoms with Crippen molar-refractivity contribution in [1.29, 1.82) is 0 Å². The van der Waals surface area contributed by atoms with Gasteiger partial charge < -0.3 is 10.2 Å². The van der Waals surface area contributed by atoms with Crippen LogP contribution in [0.4, 0.5) is 24.7 Å². The van der Waals surface area contributed by atoms with E-state index in [-0.39, 0.29) is 28.1 Å². The van der Waals surface area contributed by atoms with Crippen LogP contribution in [0.1, 0.15) is 35.8 Å². The molecule has 27 heavy (non-hydrogen) atoms. The molecule has 0 unspecified atom stereocenters. The largest absolute Gasteiger partial charge is 0.418 e. The van der Waals surface area contributed by atoms with Crippen molar-refractivity contribution in [3.63, 3.8) is 0 Å². The maximum Gasteiger partial charge on any atom is 0.418 e. The molecule has 0 saturated carbocycles. The van der Waals surface area contributed by atoms with Gasteiger partial charge in [-0.1, -0.05) is 18.5 Å². The van der Waals surface area contributed by atoms with Gasteiger partial charge in [-0.2, -0.15) is 13.2 Å². The van der Waals surface area contributed by atoms with E-state index >= 15 is 0 Å². The summed E-state index contributed by atoms with van der Waals surface area (Å²) in [5.41, 5.74) is -0.924. The Balaban J connectivity index is 1.74. The van der Waals surface area contributed by atoms with Crippen LogP contribution in [0.15, 0.2) is 30.6 Å². The van der Waals surface area contributed by atoms with Crippen LogP contribution in [0.3, 0.4) is 0 Å². The number of carbonyl (C=O) groups excluding carboxylic acids is 1. The number of likely N-dealkylation sites (tertiary alicyclic amines) is 1. The van der Waals surface area contributed by atoms with Crippen LogP contribution in [-0.4, -0.2) is 33.9 Å². The lowest BCUT2D eigenvalue weighted by atomic mass is 9.99. The average molecular weight is 399 g/mol. The number of halogens is 4. The van der Waals surface area contributed by atoms with Crippen LogP contribution < -0.4 is 5.32 Å². The quantitative estimate of drug-likeness (QED) is 0.809. The average Bonchev–Trinajstić information content (AvgIpc) is 2.63. The van der Waals surface area contributed by atoms with E-state index in [0.29, 0.717) is 19.0 Å². The molecule has 0 spiro atoms. The molecule has 5 nitrogen and oxygen atoms in total. The maximum atomic E-state index is 13.1. The lowest BCUT2D eigenvalue weighted by Crippen LogP contribution is -2.38. The zero-order valence-corrected chi connectivity index (χ0v) is 15.3. The van der Waals surface area contributed by atoms with E-state index in [1.165, 1.54) is 24.5 Å². The van der Waals surface area contributed by atoms with E-state index in [1.54, 1.807) is 4.90 Å². The number of hydrogen-bond donors (Lipinski definition) is 1. The molecule has 144 valence electrons. The maximum absolute atomic E-state index is 13.1. The number of aromatic nitrogens is 2. The van der Waals surface area contributed by atoms with Crippen molar-refractivity contribution < 1.29 is 18.0 Å². The highest BCUT2D eigenvalue weighted by molar-refractivity contribution is 6.30. The van der Waals surface area contributed by atoms with Gasteiger partial charge >= 0.3 is 6.18 Å². The van der Waals surface area contributed by atoms with Gasteiger partial charge in [-0.25, -0.2) is 9.97 Å². The second-order valence-corrected chi connectivity index (χ2v) is 7.01. The van der Waals surface area contributed by atoms with Gasteiger partial charge in [0.1, 0.15) is 11.5 Å². The molecule has 1 fully saturated rings. The Kier molecular flexibility index (Phi) is 5.55. The van der Waals surface area contributed by atoms with E-state index < -0.39 is 11.7 Å². The summed E-state index contributed by atoms with van der Waals surface area (Å²) in [6, 6.07) is 3.41. The Hall–Kier alpha value is -2.35. The zero-order chi connectivity index (χ0) is 19.6. The predicted molar refractivity (Wildman–Crippen MR) is 96.1 cm³/mol. The third-order valence-corrected chi connectivity index (χ3v) is 4.73. The minimum Gasteiger partial charge on any atom is -0.338 e. The smallest absolute Gasteiger partial charge is 0.338 e. The topological polar surface area (TPSA) is 58.1 Å². The molecule has 3 rings (SSSR count). The van der Waals surface area contributed by atoms with Crippen LogP contribution in [0, 0.1) is 5.92 Å². The minimum absolute atomic E-state index is 0.0178. The van der Waals surface area contributed by atoms with E-state index in [2.05, 4.69) is 22.2 Å². The third kappa shape index (κ3) is 4.68. The van der Waals surface area contributed by atoms with Gasteiger partial charge in [0.05, 0.1) is 23.6 Å². The first-order valence-corrected chi connectivity index (χ1v) is 8.87. The number of alkyl halides is 3. The number of nitrogens with zero attached hydrogens (tertiary/aromatic N) is 3. The summed E-state index contributed by atoms with van der Waals surface area (Å²) >= 11 is 5.67. The molecule has 0 radical (unpaired) electrons. The highest BCUT2D eigenvalue weighted by Crippen LogP contribution is 2.37. The minimum atomic E-state index is -4.57. The fourth-order valence-corrected chi connectivity index (χ4v) is 3.05. The van der Waals surface area contributed by atoms with Crippen molar-refractivity contribution in [2.24, 2.45) is 5.92 Å². The molecule has 1 aromatic carbocycles. The lowest BCUT2D eigenvalue weighted by molar-refractivity contribution is -0.136. The molecule has 0 atom stereocenters. The Morgan fingerprint density at radius 2 is 1.93 bits per heavy atom. The Morgan fingerprint density at radius 3 is 2.52 bits per heavy atom. The van der Waals surface area contributed by atoms with Gasteiger partial charge in [0.2, 0.25) is 0 Å². The van der Waals surface area contributed by atoms with E-state index in [0.717, 1.165) is 18.9 Å². The van der Waals surface area contributed by atoms with Gasteiger partial charge in [-0.3, -0.25) is 4.79 Å². The van der Waals surface area contributed by atoms with Gasteiger partial charge in [-0.05, 0) is 37.0 Å². The van der Waals surface area contributed by atoms with Gasteiger partial charge in [0.25, 0.3) is 5.91 Å². The number of rotatable bonds is 3. The summed E-state index contributed by atoms with van der Waals surface area (Å²) in [6.07, 6.45) is -0.173. The molecule has 1 saturated heterocycles. The Bertz CT molecular complexity index is 818. The normalized spacial score (nSPS) is 15.7. The molecule has 1 amide bonds. The Labute approximate surface area is 159 Å². The molecule has 2 aromatic rings. The first kappa shape index (κ1) is 19.4. The summed E-state index contributed by atoms with van der Waals surface area (Å²) in [5, 5.41) is 2.56.